The Morgan fingerprint density at radius 3 is 3.12 bits per heavy atom. The van der Waals surface area contributed by atoms with Crippen molar-refractivity contribution in [3.8, 4) is 5.88 Å². The Labute approximate surface area is 202 Å². The number of pyridine rings is 3. The van der Waals surface area contributed by atoms with E-state index in [1.165, 1.54) is 17.3 Å². The minimum atomic E-state index is 0.000452. The molecule has 1 saturated heterocycles. The first-order chi connectivity index (χ1) is 16.7. The van der Waals surface area contributed by atoms with Crippen LogP contribution in [0.25, 0.3) is 11.0 Å². The molecule has 0 unspecified atom stereocenters. The summed E-state index contributed by atoms with van der Waals surface area (Å²) >= 11 is 1.52. The number of thioether (sulfide) groups is 1. The highest BCUT2D eigenvalue weighted by molar-refractivity contribution is 8.00. The highest BCUT2D eigenvalue weighted by Gasteiger charge is 2.21. The predicted molar refractivity (Wildman–Crippen MR) is 131 cm³/mol. The molecule has 34 heavy (non-hydrogen) atoms. The van der Waals surface area contributed by atoms with Crippen LogP contribution in [-0.4, -0.2) is 77.5 Å². The van der Waals surface area contributed by atoms with Gasteiger partial charge in [0.15, 0.2) is 0 Å². The van der Waals surface area contributed by atoms with Crippen molar-refractivity contribution in [1.82, 2.24) is 25.2 Å². The molecule has 2 aliphatic heterocycles. The van der Waals surface area contributed by atoms with Crippen LogP contribution in [0.3, 0.4) is 0 Å². The molecule has 3 aromatic rings. The van der Waals surface area contributed by atoms with Gasteiger partial charge in [-0.2, -0.15) is 0 Å². The lowest BCUT2D eigenvalue weighted by atomic mass is 10.1. The molecule has 1 atom stereocenters. The number of carbonyl (C=O) groups excluding carboxylic acids is 1. The topological polar surface area (TPSA) is 102 Å². The minimum Gasteiger partial charge on any atom is -0.481 e. The molecule has 1 fully saturated rings. The third-order valence-electron chi connectivity index (χ3n) is 5.98. The Balaban J connectivity index is 1.12. The lowest BCUT2D eigenvalue weighted by Crippen LogP contribution is -2.47. The van der Waals surface area contributed by atoms with Gasteiger partial charge in [-0.15, -0.1) is 11.8 Å². The van der Waals surface area contributed by atoms with Gasteiger partial charge in [-0.25, -0.2) is 9.97 Å². The number of hydrogen-bond donors (Lipinski definition) is 2. The maximum absolute atomic E-state index is 11.6. The Hall–Kier alpha value is -2.79. The van der Waals surface area contributed by atoms with E-state index in [0.29, 0.717) is 24.0 Å². The molecular weight excluding hydrogens is 452 g/mol. The van der Waals surface area contributed by atoms with Gasteiger partial charge in [-0.3, -0.25) is 14.7 Å². The standard InChI is InChI=1S/C24H28N6O3S/c1-32-22-5-3-19-23(29-22)16(6-8-26-19)7-9-30-10-11-33-18(14-30)13-25-12-17-2-4-20-24(27-17)28-21(31)15-34-20/h2-6,8,18,25H,7,9-15H2,1H3,(H,27,28,31)/t18-/m1/s1. The van der Waals surface area contributed by atoms with Crippen LogP contribution in [0.2, 0.25) is 0 Å². The minimum absolute atomic E-state index is 0.000452. The first-order valence-electron chi connectivity index (χ1n) is 11.4. The van der Waals surface area contributed by atoms with E-state index in [9.17, 15) is 4.79 Å². The summed E-state index contributed by atoms with van der Waals surface area (Å²) in [5.74, 6) is 1.72. The van der Waals surface area contributed by atoms with E-state index < -0.39 is 0 Å². The number of anilines is 1. The van der Waals surface area contributed by atoms with E-state index in [-0.39, 0.29) is 12.0 Å². The summed E-state index contributed by atoms with van der Waals surface area (Å²) in [4.78, 5) is 28.7. The van der Waals surface area contributed by atoms with E-state index in [0.717, 1.165) is 60.8 Å². The first-order valence-corrected chi connectivity index (χ1v) is 12.4. The third kappa shape index (κ3) is 5.47. The van der Waals surface area contributed by atoms with Gasteiger partial charge in [0.05, 0.1) is 47.2 Å². The number of fused-ring (bicyclic) bond motifs is 2. The monoisotopic (exact) mass is 480 g/mol. The molecule has 10 heteroatoms. The van der Waals surface area contributed by atoms with Gasteiger partial charge in [0, 0.05) is 45.0 Å². The van der Waals surface area contributed by atoms with E-state index in [1.54, 1.807) is 7.11 Å². The number of hydrogen-bond acceptors (Lipinski definition) is 9. The van der Waals surface area contributed by atoms with Crippen molar-refractivity contribution >= 4 is 34.5 Å². The summed E-state index contributed by atoms with van der Waals surface area (Å²) in [6.07, 6.45) is 2.85. The molecule has 1 amide bonds. The summed E-state index contributed by atoms with van der Waals surface area (Å²) in [6, 6.07) is 9.86. The maximum atomic E-state index is 11.6. The van der Waals surface area contributed by atoms with Crippen LogP contribution in [0.5, 0.6) is 5.88 Å². The average Bonchev–Trinajstić information content (AvgIpc) is 2.87. The molecule has 0 aromatic carbocycles. The molecule has 5 heterocycles. The Kier molecular flexibility index (Phi) is 7.19. The molecule has 0 spiro atoms. The summed E-state index contributed by atoms with van der Waals surface area (Å²) in [7, 11) is 1.63. The molecule has 0 radical (unpaired) electrons. The Morgan fingerprint density at radius 2 is 2.21 bits per heavy atom. The lowest BCUT2D eigenvalue weighted by molar-refractivity contribution is -0.113. The van der Waals surface area contributed by atoms with Crippen molar-refractivity contribution in [2.45, 2.75) is 24.0 Å². The number of ether oxygens (including phenoxy) is 2. The van der Waals surface area contributed by atoms with Gasteiger partial charge in [-0.1, -0.05) is 0 Å². The van der Waals surface area contributed by atoms with E-state index in [2.05, 4.69) is 30.5 Å². The van der Waals surface area contributed by atoms with Crippen LogP contribution in [0.1, 0.15) is 11.3 Å². The number of methoxy groups -OCH3 is 1. The summed E-state index contributed by atoms with van der Waals surface area (Å²) in [6.45, 7) is 4.81. The van der Waals surface area contributed by atoms with Crippen LogP contribution >= 0.6 is 11.8 Å². The van der Waals surface area contributed by atoms with Crippen molar-refractivity contribution in [3.05, 3.63) is 47.8 Å². The van der Waals surface area contributed by atoms with Gasteiger partial charge >= 0.3 is 0 Å². The van der Waals surface area contributed by atoms with E-state index >= 15 is 0 Å². The van der Waals surface area contributed by atoms with Gasteiger partial charge in [0.25, 0.3) is 0 Å². The van der Waals surface area contributed by atoms with Crippen molar-refractivity contribution < 1.29 is 14.3 Å². The van der Waals surface area contributed by atoms with Crippen LogP contribution in [0, 0.1) is 0 Å². The summed E-state index contributed by atoms with van der Waals surface area (Å²) in [5, 5.41) is 6.30. The average molecular weight is 481 g/mol. The number of rotatable bonds is 8. The van der Waals surface area contributed by atoms with Crippen LogP contribution in [0.4, 0.5) is 5.82 Å². The Morgan fingerprint density at radius 1 is 1.26 bits per heavy atom. The molecule has 9 nitrogen and oxygen atoms in total. The zero-order valence-corrected chi connectivity index (χ0v) is 19.9. The second-order valence-electron chi connectivity index (χ2n) is 8.35. The molecule has 0 saturated carbocycles. The highest BCUT2D eigenvalue weighted by atomic mass is 32.2. The van der Waals surface area contributed by atoms with Crippen molar-refractivity contribution in [2.24, 2.45) is 0 Å². The first kappa shape index (κ1) is 23.0. The number of morpholine rings is 1. The van der Waals surface area contributed by atoms with E-state index in [4.69, 9.17) is 9.47 Å². The number of aromatic nitrogens is 3. The number of nitrogens with one attached hydrogen (secondary N) is 2. The van der Waals surface area contributed by atoms with E-state index in [1.807, 2.05) is 36.5 Å². The quantitative estimate of drug-likeness (QED) is 0.502. The molecule has 0 bridgehead atoms. The van der Waals surface area contributed by atoms with Crippen LogP contribution in [0.15, 0.2) is 41.4 Å². The second kappa shape index (κ2) is 10.6. The highest BCUT2D eigenvalue weighted by Crippen LogP contribution is 2.29. The molecule has 2 aliphatic rings. The lowest BCUT2D eigenvalue weighted by Gasteiger charge is -2.33. The molecule has 5 rings (SSSR count). The molecular formula is C24H28N6O3S. The maximum Gasteiger partial charge on any atom is 0.235 e. The number of nitrogens with zero attached hydrogens (tertiary/aromatic N) is 4. The number of carbonyl (C=O) groups is 1. The van der Waals surface area contributed by atoms with Crippen LogP contribution in [-0.2, 0) is 22.5 Å². The normalized spacial score (nSPS) is 18.5. The van der Waals surface area contributed by atoms with Gasteiger partial charge in [0.1, 0.15) is 5.82 Å². The van der Waals surface area contributed by atoms with Crippen molar-refractivity contribution in [3.63, 3.8) is 0 Å². The van der Waals surface area contributed by atoms with Gasteiger partial charge < -0.3 is 20.1 Å². The smallest absolute Gasteiger partial charge is 0.235 e. The fourth-order valence-corrected chi connectivity index (χ4v) is 4.98. The largest absolute Gasteiger partial charge is 0.481 e. The van der Waals surface area contributed by atoms with Gasteiger partial charge in [-0.05, 0) is 36.2 Å². The SMILES string of the molecule is COc1ccc2nccc(CCN3CCO[C@H](CNCc4ccc5c(n4)NC(=O)CS5)C3)c2n1. The zero-order valence-electron chi connectivity index (χ0n) is 19.1. The third-order valence-corrected chi connectivity index (χ3v) is 7.03. The van der Waals surface area contributed by atoms with Crippen molar-refractivity contribution in [2.75, 3.05) is 51.0 Å². The Bertz CT molecular complexity index is 1180. The predicted octanol–water partition coefficient (Wildman–Crippen LogP) is 2.11. The van der Waals surface area contributed by atoms with Crippen LogP contribution < -0.4 is 15.4 Å². The van der Waals surface area contributed by atoms with Gasteiger partial charge in [0.2, 0.25) is 11.8 Å². The molecule has 3 aromatic heterocycles. The van der Waals surface area contributed by atoms with Crippen molar-refractivity contribution in [1.29, 1.82) is 0 Å². The second-order valence-corrected chi connectivity index (χ2v) is 9.37. The molecule has 178 valence electrons. The molecule has 0 aliphatic carbocycles. The fourth-order valence-electron chi connectivity index (χ4n) is 4.23. The zero-order chi connectivity index (χ0) is 23.3. The number of amides is 1. The molecule has 2 N–H and O–H groups in total. The summed E-state index contributed by atoms with van der Waals surface area (Å²) < 4.78 is 11.3. The fraction of sp³-hybridized carbons (Fsp3) is 0.417. The summed E-state index contributed by atoms with van der Waals surface area (Å²) in [5.41, 5.74) is 3.87.